The van der Waals surface area contributed by atoms with Crippen LogP contribution in [-0.2, 0) is 14.3 Å². The molecule has 0 spiro atoms. The number of alkyl carbamates (subject to hydrolysis) is 1. The van der Waals surface area contributed by atoms with Crippen LogP contribution < -0.4 is 5.32 Å². The van der Waals surface area contributed by atoms with Gasteiger partial charge in [0.25, 0.3) is 0 Å². The fourth-order valence-corrected chi connectivity index (χ4v) is 2.72. The third-order valence-corrected chi connectivity index (χ3v) is 3.63. The average Bonchev–Trinajstić information content (AvgIpc) is 2.51. The second-order valence-electron chi connectivity index (χ2n) is 7.51. The van der Waals surface area contributed by atoms with Crippen molar-refractivity contribution < 1.29 is 19.1 Å². The van der Waals surface area contributed by atoms with E-state index in [9.17, 15) is 9.59 Å². The van der Waals surface area contributed by atoms with Crippen LogP contribution in [0, 0.1) is 0 Å². The number of ether oxygens (including phenoxy) is 2. The predicted octanol–water partition coefficient (Wildman–Crippen LogP) is 4.75. The molecule has 5 heteroatoms. The Morgan fingerprint density at radius 3 is 2.35 bits per heavy atom. The summed E-state index contributed by atoms with van der Waals surface area (Å²) in [6.45, 7) is 8.99. The van der Waals surface area contributed by atoms with Gasteiger partial charge in [0.2, 0.25) is 0 Å². The first-order valence-electron chi connectivity index (χ1n) is 8.82. The van der Waals surface area contributed by atoms with E-state index in [0.717, 1.165) is 16.3 Å². The van der Waals surface area contributed by atoms with E-state index in [-0.39, 0.29) is 18.5 Å². The standard InChI is InChI=1S/C21H27NO4/c1-14(2)25-19(23)13-18(22-20(24)26-21(3,4)5)17-12-8-10-15-9-6-7-11-16(15)17/h6-12,14,18H,13H2,1-5H3,(H,22,24)/t18-/m1/s1. The lowest BCUT2D eigenvalue weighted by atomic mass is 9.97. The van der Waals surface area contributed by atoms with E-state index in [1.165, 1.54) is 0 Å². The number of hydrogen-bond donors (Lipinski definition) is 1. The van der Waals surface area contributed by atoms with Crippen molar-refractivity contribution in [2.45, 2.75) is 58.8 Å². The van der Waals surface area contributed by atoms with Crippen molar-refractivity contribution in [3.8, 4) is 0 Å². The van der Waals surface area contributed by atoms with Crippen LogP contribution in [0.2, 0.25) is 0 Å². The molecule has 0 heterocycles. The highest BCUT2D eigenvalue weighted by Gasteiger charge is 2.24. The summed E-state index contributed by atoms with van der Waals surface area (Å²) in [7, 11) is 0. The van der Waals surface area contributed by atoms with Crippen LogP contribution in [0.1, 0.15) is 52.6 Å². The average molecular weight is 357 g/mol. The maximum absolute atomic E-state index is 12.3. The molecule has 0 aromatic heterocycles. The number of fused-ring (bicyclic) bond motifs is 1. The third-order valence-electron chi connectivity index (χ3n) is 3.63. The van der Waals surface area contributed by atoms with Gasteiger partial charge in [0, 0.05) is 0 Å². The molecule has 0 saturated carbocycles. The van der Waals surface area contributed by atoms with Gasteiger partial charge in [0.05, 0.1) is 18.6 Å². The molecule has 140 valence electrons. The Labute approximate surface area is 154 Å². The molecule has 2 aromatic rings. The topological polar surface area (TPSA) is 64.6 Å². The molecule has 0 radical (unpaired) electrons. The van der Waals surface area contributed by atoms with Gasteiger partial charge in [0.15, 0.2) is 0 Å². The van der Waals surface area contributed by atoms with Crippen LogP contribution in [0.5, 0.6) is 0 Å². The second kappa shape index (κ2) is 8.21. The van der Waals surface area contributed by atoms with Gasteiger partial charge in [-0.25, -0.2) is 4.79 Å². The Hall–Kier alpha value is -2.56. The summed E-state index contributed by atoms with van der Waals surface area (Å²) in [5.41, 5.74) is 0.237. The van der Waals surface area contributed by atoms with Crippen molar-refractivity contribution in [3.05, 3.63) is 48.0 Å². The van der Waals surface area contributed by atoms with Gasteiger partial charge in [-0.3, -0.25) is 4.79 Å². The Kier molecular flexibility index (Phi) is 6.24. The lowest BCUT2D eigenvalue weighted by Gasteiger charge is -2.24. The van der Waals surface area contributed by atoms with E-state index in [2.05, 4.69) is 5.32 Å². The fraction of sp³-hybridized carbons (Fsp3) is 0.429. The Morgan fingerprint density at radius 1 is 1.04 bits per heavy atom. The molecule has 5 nitrogen and oxygen atoms in total. The van der Waals surface area contributed by atoms with Gasteiger partial charge < -0.3 is 14.8 Å². The SMILES string of the molecule is CC(C)OC(=O)C[C@@H](NC(=O)OC(C)(C)C)c1cccc2ccccc12. The number of nitrogens with one attached hydrogen (secondary N) is 1. The molecule has 2 aromatic carbocycles. The number of carbonyl (C=O) groups excluding carboxylic acids is 2. The van der Waals surface area contributed by atoms with E-state index in [1.807, 2.05) is 42.5 Å². The molecule has 1 amide bonds. The summed E-state index contributed by atoms with van der Waals surface area (Å²) >= 11 is 0. The maximum Gasteiger partial charge on any atom is 0.408 e. The Morgan fingerprint density at radius 2 is 1.69 bits per heavy atom. The summed E-state index contributed by atoms with van der Waals surface area (Å²) in [6.07, 6.45) is -0.740. The first kappa shape index (κ1) is 19.8. The minimum absolute atomic E-state index is 0.0332. The third kappa shape index (κ3) is 5.76. The second-order valence-corrected chi connectivity index (χ2v) is 7.51. The fourth-order valence-electron chi connectivity index (χ4n) is 2.72. The largest absolute Gasteiger partial charge is 0.463 e. The molecule has 0 unspecified atom stereocenters. The predicted molar refractivity (Wildman–Crippen MR) is 102 cm³/mol. The van der Waals surface area contributed by atoms with Crippen molar-refractivity contribution in [2.24, 2.45) is 0 Å². The molecule has 0 fully saturated rings. The number of esters is 1. The van der Waals surface area contributed by atoms with Gasteiger partial charge in [-0.15, -0.1) is 0 Å². The van der Waals surface area contributed by atoms with Gasteiger partial charge in [-0.05, 0) is 51.0 Å². The quantitative estimate of drug-likeness (QED) is 0.785. The van der Waals surface area contributed by atoms with E-state index >= 15 is 0 Å². The van der Waals surface area contributed by atoms with E-state index in [1.54, 1.807) is 34.6 Å². The highest BCUT2D eigenvalue weighted by Crippen LogP contribution is 2.27. The normalized spacial score (nSPS) is 12.7. The molecule has 0 bridgehead atoms. The lowest BCUT2D eigenvalue weighted by Crippen LogP contribution is -2.36. The van der Waals surface area contributed by atoms with Crippen LogP contribution in [-0.4, -0.2) is 23.8 Å². The number of benzene rings is 2. The minimum atomic E-state index is -0.619. The number of amides is 1. The molecular weight excluding hydrogens is 330 g/mol. The van der Waals surface area contributed by atoms with Gasteiger partial charge in [-0.2, -0.15) is 0 Å². The molecule has 26 heavy (non-hydrogen) atoms. The minimum Gasteiger partial charge on any atom is -0.463 e. The Bertz CT molecular complexity index is 772. The van der Waals surface area contributed by atoms with Crippen molar-refractivity contribution in [1.82, 2.24) is 5.32 Å². The zero-order chi connectivity index (χ0) is 19.3. The van der Waals surface area contributed by atoms with Crippen LogP contribution in [0.15, 0.2) is 42.5 Å². The van der Waals surface area contributed by atoms with Crippen molar-refractivity contribution in [2.75, 3.05) is 0 Å². The van der Waals surface area contributed by atoms with E-state index in [0.29, 0.717) is 0 Å². The van der Waals surface area contributed by atoms with Crippen LogP contribution in [0.4, 0.5) is 4.79 Å². The molecule has 2 rings (SSSR count). The Balaban J connectivity index is 2.32. The summed E-state index contributed by atoms with van der Waals surface area (Å²) in [5.74, 6) is -0.367. The molecule has 0 aliphatic heterocycles. The van der Waals surface area contributed by atoms with Crippen molar-refractivity contribution >= 4 is 22.8 Å². The summed E-state index contributed by atoms with van der Waals surface area (Å²) < 4.78 is 10.6. The zero-order valence-electron chi connectivity index (χ0n) is 16.0. The summed E-state index contributed by atoms with van der Waals surface area (Å²) in [5, 5.41) is 4.84. The molecule has 0 aliphatic rings. The van der Waals surface area contributed by atoms with E-state index in [4.69, 9.17) is 9.47 Å². The van der Waals surface area contributed by atoms with Gasteiger partial charge in [-0.1, -0.05) is 42.5 Å². The van der Waals surface area contributed by atoms with Gasteiger partial charge in [0.1, 0.15) is 5.60 Å². The summed E-state index contributed by atoms with van der Waals surface area (Å²) in [6, 6.07) is 13.1. The van der Waals surface area contributed by atoms with Crippen LogP contribution in [0.3, 0.4) is 0 Å². The summed E-state index contributed by atoms with van der Waals surface area (Å²) in [4.78, 5) is 24.5. The lowest BCUT2D eigenvalue weighted by molar-refractivity contribution is -0.147. The first-order chi connectivity index (χ1) is 12.2. The molecule has 0 aliphatic carbocycles. The highest BCUT2D eigenvalue weighted by atomic mass is 16.6. The van der Waals surface area contributed by atoms with E-state index < -0.39 is 17.7 Å². The molecular formula is C21H27NO4. The maximum atomic E-state index is 12.3. The smallest absolute Gasteiger partial charge is 0.408 e. The van der Waals surface area contributed by atoms with Crippen molar-refractivity contribution in [3.63, 3.8) is 0 Å². The zero-order valence-corrected chi connectivity index (χ0v) is 16.0. The van der Waals surface area contributed by atoms with Gasteiger partial charge >= 0.3 is 12.1 Å². The molecule has 1 atom stereocenters. The van der Waals surface area contributed by atoms with Crippen LogP contribution in [0.25, 0.3) is 10.8 Å². The van der Waals surface area contributed by atoms with Crippen molar-refractivity contribution in [1.29, 1.82) is 0 Å². The molecule has 1 N–H and O–H groups in total. The first-order valence-corrected chi connectivity index (χ1v) is 8.82. The number of rotatable bonds is 5. The van der Waals surface area contributed by atoms with Crippen LogP contribution >= 0.6 is 0 Å². The number of hydrogen-bond acceptors (Lipinski definition) is 4. The monoisotopic (exact) mass is 357 g/mol. The highest BCUT2D eigenvalue weighted by molar-refractivity contribution is 5.87. The molecule has 0 saturated heterocycles. The number of carbonyl (C=O) groups is 2.